The highest BCUT2D eigenvalue weighted by Gasteiger charge is 2.03. The summed E-state index contributed by atoms with van der Waals surface area (Å²) >= 11 is 1.66. The van der Waals surface area contributed by atoms with Crippen LogP contribution in [0, 0.1) is 0 Å². The van der Waals surface area contributed by atoms with Crippen LogP contribution < -0.4 is 10.9 Å². The van der Waals surface area contributed by atoms with Gasteiger partial charge in [0.1, 0.15) is 0 Å². The normalized spacial score (nSPS) is 10.7. The summed E-state index contributed by atoms with van der Waals surface area (Å²) in [5, 5.41) is 3.78. The molecule has 0 amide bonds. The molecular formula is C14H11N3O2S. The number of aromatic nitrogens is 2. The standard InChI is InChI=1S/C14H11N3O2S/c1-20-11-4-2-3-10(7-11)16-14-15-8-9-5-6-12(18)19-13(9)17-14/h2-8H,1H3,(H,15,16,17). The van der Waals surface area contributed by atoms with Crippen LogP contribution in [0.15, 0.2) is 56.7 Å². The van der Waals surface area contributed by atoms with Crippen LogP contribution in [-0.4, -0.2) is 16.2 Å². The first kappa shape index (κ1) is 12.7. The lowest BCUT2D eigenvalue weighted by Crippen LogP contribution is -2.00. The summed E-state index contributed by atoms with van der Waals surface area (Å²) in [4.78, 5) is 20.7. The van der Waals surface area contributed by atoms with E-state index in [9.17, 15) is 4.79 Å². The lowest BCUT2D eigenvalue weighted by molar-refractivity contribution is 0.549. The van der Waals surface area contributed by atoms with Gasteiger partial charge in [-0.15, -0.1) is 11.8 Å². The zero-order valence-corrected chi connectivity index (χ0v) is 11.5. The summed E-state index contributed by atoms with van der Waals surface area (Å²) in [6.45, 7) is 0. The van der Waals surface area contributed by atoms with Gasteiger partial charge < -0.3 is 9.73 Å². The minimum atomic E-state index is -0.425. The van der Waals surface area contributed by atoms with Crippen LogP contribution >= 0.6 is 11.8 Å². The van der Waals surface area contributed by atoms with Crippen molar-refractivity contribution in [3.8, 4) is 0 Å². The van der Waals surface area contributed by atoms with Crippen LogP contribution in [0.3, 0.4) is 0 Å². The number of nitrogens with zero attached hydrogens (tertiary/aromatic N) is 2. The van der Waals surface area contributed by atoms with E-state index in [4.69, 9.17) is 4.42 Å². The van der Waals surface area contributed by atoms with E-state index >= 15 is 0 Å². The maximum absolute atomic E-state index is 11.2. The fourth-order valence-corrected chi connectivity index (χ4v) is 2.21. The molecule has 0 aliphatic heterocycles. The van der Waals surface area contributed by atoms with Gasteiger partial charge in [0.2, 0.25) is 11.7 Å². The maximum atomic E-state index is 11.2. The largest absolute Gasteiger partial charge is 0.403 e. The topological polar surface area (TPSA) is 68.0 Å². The van der Waals surface area contributed by atoms with Gasteiger partial charge in [-0.2, -0.15) is 4.98 Å². The van der Waals surface area contributed by atoms with E-state index in [-0.39, 0.29) is 5.71 Å². The fraction of sp³-hybridized carbons (Fsp3) is 0.0714. The molecule has 20 heavy (non-hydrogen) atoms. The predicted octanol–water partition coefficient (Wildman–Crippen LogP) is 3.05. The molecule has 0 radical (unpaired) electrons. The molecule has 1 aromatic carbocycles. The molecule has 0 aliphatic carbocycles. The summed E-state index contributed by atoms with van der Waals surface area (Å²) < 4.78 is 5.03. The quantitative estimate of drug-likeness (QED) is 0.746. The van der Waals surface area contributed by atoms with E-state index in [1.165, 1.54) is 6.07 Å². The average Bonchev–Trinajstić information content (AvgIpc) is 2.47. The van der Waals surface area contributed by atoms with Gasteiger partial charge in [-0.25, -0.2) is 9.78 Å². The van der Waals surface area contributed by atoms with Gasteiger partial charge in [-0.05, 0) is 30.5 Å². The summed E-state index contributed by atoms with van der Waals surface area (Å²) in [6.07, 6.45) is 3.63. The van der Waals surface area contributed by atoms with E-state index in [2.05, 4.69) is 15.3 Å². The van der Waals surface area contributed by atoms with Crippen molar-refractivity contribution in [2.45, 2.75) is 4.90 Å². The molecule has 2 aromatic heterocycles. The van der Waals surface area contributed by atoms with Crippen LogP contribution in [-0.2, 0) is 0 Å². The molecule has 0 atom stereocenters. The van der Waals surface area contributed by atoms with Crippen molar-refractivity contribution < 1.29 is 4.42 Å². The van der Waals surface area contributed by atoms with Crippen molar-refractivity contribution in [1.29, 1.82) is 0 Å². The van der Waals surface area contributed by atoms with E-state index in [1.54, 1.807) is 24.0 Å². The number of thioether (sulfide) groups is 1. The van der Waals surface area contributed by atoms with E-state index < -0.39 is 5.63 Å². The minimum Gasteiger partial charge on any atom is -0.403 e. The molecule has 0 unspecified atom stereocenters. The summed E-state index contributed by atoms with van der Waals surface area (Å²) in [5.41, 5.74) is 0.733. The van der Waals surface area contributed by atoms with Gasteiger partial charge in [0.15, 0.2) is 0 Å². The zero-order valence-electron chi connectivity index (χ0n) is 10.7. The molecule has 0 saturated carbocycles. The monoisotopic (exact) mass is 285 g/mol. The molecule has 0 saturated heterocycles. The van der Waals surface area contributed by atoms with Crippen LogP contribution in [0.25, 0.3) is 11.1 Å². The van der Waals surface area contributed by atoms with Gasteiger partial charge in [0.05, 0.1) is 5.39 Å². The molecule has 3 rings (SSSR count). The maximum Gasteiger partial charge on any atom is 0.337 e. The molecule has 1 N–H and O–H groups in total. The lowest BCUT2D eigenvalue weighted by atomic mass is 10.3. The second-order valence-electron chi connectivity index (χ2n) is 4.07. The van der Waals surface area contributed by atoms with Crippen molar-refractivity contribution >= 4 is 34.5 Å². The predicted molar refractivity (Wildman–Crippen MR) is 79.6 cm³/mol. The van der Waals surface area contributed by atoms with Crippen molar-refractivity contribution in [2.24, 2.45) is 0 Å². The minimum absolute atomic E-state index is 0.274. The number of fused-ring (bicyclic) bond motifs is 1. The Labute approximate surface area is 119 Å². The van der Waals surface area contributed by atoms with Crippen molar-refractivity contribution in [3.63, 3.8) is 0 Å². The van der Waals surface area contributed by atoms with Crippen molar-refractivity contribution in [2.75, 3.05) is 11.6 Å². The summed E-state index contributed by atoms with van der Waals surface area (Å²) in [6, 6.07) is 10.9. The first-order valence-electron chi connectivity index (χ1n) is 5.92. The fourth-order valence-electron chi connectivity index (χ4n) is 1.75. The molecular weight excluding hydrogens is 274 g/mol. The molecule has 0 bridgehead atoms. The van der Waals surface area contributed by atoms with Gasteiger partial charge in [0, 0.05) is 22.8 Å². The third kappa shape index (κ3) is 2.65. The highest BCUT2D eigenvalue weighted by molar-refractivity contribution is 7.98. The number of benzene rings is 1. The van der Waals surface area contributed by atoms with E-state index in [0.29, 0.717) is 11.3 Å². The Morgan fingerprint density at radius 3 is 3.00 bits per heavy atom. The Morgan fingerprint density at radius 1 is 1.25 bits per heavy atom. The average molecular weight is 285 g/mol. The van der Waals surface area contributed by atoms with Gasteiger partial charge >= 0.3 is 5.63 Å². The Hall–Kier alpha value is -2.34. The van der Waals surface area contributed by atoms with E-state index in [1.807, 2.05) is 30.5 Å². The van der Waals surface area contributed by atoms with Crippen LogP contribution in [0.1, 0.15) is 0 Å². The molecule has 6 heteroatoms. The Kier molecular flexibility index (Phi) is 3.39. The first-order valence-corrected chi connectivity index (χ1v) is 7.15. The van der Waals surface area contributed by atoms with Gasteiger partial charge in [-0.3, -0.25) is 0 Å². The molecule has 0 fully saturated rings. The molecule has 2 heterocycles. The summed E-state index contributed by atoms with van der Waals surface area (Å²) in [5.74, 6) is 0.394. The van der Waals surface area contributed by atoms with Gasteiger partial charge in [-0.1, -0.05) is 6.07 Å². The highest BCUT2D eigenvalue weighted by atomic mass is 32.2. The first-order chi connectivity index (χ1) is 9.74. The van der Waals surface area contributed by atoms with E-state index in [0.717, 1.165) is 10.6 Å². The Morgan fingerprint density at radius 2 is 2.15 bits per heavy atom. The van der Waals surface area contributed by atoms with Crippen LogP contribution in [0.4, 0.5) is 11.6 Å². The van der Waals surface area contributed by atoms with Crippen molar-refractivity contribution in [3.05, 3.63) is 53.0 Å². The Bertz CT molecular complexity index is 817. The summed E-state index contributed by atoms with van der Waals surface area (Å²) in [7, 11) is 0. The SMILES string of the molecule is CSc1cccc(Nc2ncc3ccc(=O)oc3n2)c1. The van der Waals surface area contributed by atoms with Crippen LogP contribution in [0.2, 0.25) is 0 Å². The van der Waals surface area contributed by atoms with Crippen LogP contribution in [0.5, 0.6) is 0 Å². The molecule has 0 spiro atoms. The third-order valence-corrected chi connectivity index (χ3v) is 3.43. The lowest BCUT2D eigenvalue weighted by Gasteiger charge is -2.06. The number of anilines is 2. The molecule has 0 aliphatic rings. The third-order valence-electron chi connectivity index (χ3n) is 2.70. The number of rotatable bonds is 3. The number of hydrogen-bond donors (Lipinski definition) is 1. The zero-order chi connectivity index (χ0) is 13.9. The highest BCUT2D eigenvalue weighted by Crippen LogP contribution is 2.21. The molecule has 5 nitrogen and oxygen atoms in total. The van der Waals surface area contributed by atoms with Gasteiger partial charge in [0.25, 0.3) is 0 Å². The Balaban J connectivity index is 1.95. The smallest absolute Gasteiger partial charge is 0.337 e. The number of hydrogen-bond acceptors (Lipinski definition) is 6. The second kappa shape index (κ2) is 5.34. The van der Waals surface area contributed by atoms with Crippen molar-refractivity contribution in [1.82, 2.24) is 9.97 Å². The number of nitrogens with one attached hydrogen (secondary N) is 1. The molecule has 100 valence electrons. The molecule has 3 aromatic rings. The second-order valence-corrected chi connectivity index (χ2v) is 4.95.